The lowest BCUT2D eigenvalue weighted by Gasteiger charge is -2.28. The van der Waals surface area contributed by atoms with Crippen LogP contribution in [0.2, 0.25) is 18.1 Å². The second-order valence-electron chi connectivity index (χ2n) is 11.7. The molecule has 0 aromatic rings. The summed E-state index contributed by atoms with van der Waals surface area (Å²) in [4.78, 5) is 44.1. The second kappa shape index (κ2) is 35.0. The highest BCUT2D eigenvalue weighted by Crippen LogP contribution is 2.26. The predicted molar refractivity (Wildman–Crippen MR) is 217 cm³/mol. The van der Waals surface area contributed by atoms with Crippen molar-refractivity contribution in [2.75, 3.05) is 79.2 Å². The van der Waals surface area contributed by atoms with Gasteiger partial charge in [-0.15, -0.1) is 0 Å². The molecule has 0 aliphatic carbocycles. The van der Waals surface area contributed by atoms with Gasteiger partial charge in [0.25, 0.3) is 0 Å². The summed E-state index contributed by atoms with van der Waals surface area (Å²) in [6.45, 7) is 25.5. The number of hydrogen-bond acceptors (Lipinski definition) is 15. The van der Waals surface area contributed by atoms with E-state index in [4.69, 9.17) is 50.3 Å². The van der Waals surface area contributed by atoms with Crippen LogP contribution in [0.3, 0.4) is 0 Å². The third-order valence-electron chi connectivity index (χ3n) is 7.44. The number of amides is 3. The van der Waals surface area contributed by atoms with E-state index in [0.717, 1.165) is 19.3 Å². The van der Waals surface area contributed by atoms with E-state index in [2.05, 4.69) is 15.4 Å². The van der Waals surface area contributed by atoms with Crippen LogP contribution in [0.5, 0.6) is 0 Å². The number of hydrogen-bond donors (Lipinski definition) is 3. The van der Waals surface area contributed by atoms with Crippen molar-refractivity contribution in [1.82, 2.24) is 10.6 Å². The van der Waals surface area contributed by atoms with E-state index >= 15 is 0 Å². The first-order valence-corrected chi connectivity index (χ1v) is 26.0. The molecule has 0 bridgehead atoms. The molecule has 1 saturated heterocycles. The van der Waals surface area contributed by atoms with Crippen molar-refractivity contribution in [3.63, 3.8) is 0 Å². The first-order chi connectivity index (χ1) is 26.8. The van der Waals surface area contributed by atoms with E-state index in [1.165, 1.54) is 0 Å². The maximum Gasteiger partial charge on any atom is 0.500 e. The van der Waals surface area contributed by atoms with Crippen molar-refractivity contribution in [2.24, 2.45) is 11.7 Å². The first kappa shape index (κ1) is 56.1. The van der Waals surface area contributed by atoms with Gasteiger partial charge in [0.1, 0.15) is 0 Å². The lowest BCUT2D eigenvalue weighted by atomic mass is 10.0. The maximum atomic E-state index is 11.4. The van der Waals surface area contributed by atoms with Crippen LogP contribution in [0.4, 0.5) is 9.59 Å². The first-order valence-electron chi connectivity index (χ1n) is 20.2. The molecule has 1 aliphatic heterocycles. The van der Waals surface area contributed by atoms with Crippen LogP contribution in [0.25, 0.3) is 0 Å². The zero-order valence-electron chi connectivity index (χ0n) is 35.9. The van der Waals surface area contributed by atoms with Crippen LogP contribution >= 0.6 is 0 Å². The molecule has 21 heteroatoms. The van der Waals surface area contributed by atoms with Gasteiger partial charge in [-0.05, 0) is 94.9 Å². The van der Waals surface area contributed by atoms with Crippen molar-refractivity contribution in [3.8, 4) is 0 Å². The predicted octanol–water partition coefficient (Wildman–Crippen LogP) is 5.17. The molecule has 1 heterocycles. The Kier molecular flexibility index (Phi) is 35.0. The monoisotopic (exact) mass is 861 g/mol. The summed E-state index contributed by atoms with van der Waals surface area (Å²) < 4.78 is 60.7. The summed E-state index contributed by atoms with van der Waals surface area (Å²) in [7, 11) is -7.78. The number of nitrogens with two attached hydrogens (primary N) is 1. The van der Waals surface area contributed by atoms with E-state index in [9.17, 15) is 19.2 Å². The van der Waals surface area contributed by atoms with E-state index in [-0.39, 0.29) is 18.4 Å². The third-order valence-corrected chi connectivity index (χ3v) is 16.9. The molecule has 332 valence electrons. The van der Waals surface area contributed by atoms with Crippen molar-refractivity contribution in [3.05, 3.63) is 0 Å². The fraction of sp³-hybridized carbons (Fsp3) is 0.886. The van der Waals surface area contributed by atoms with E-state index in [0.29, 0.717) is 104 Å². The Hall–Kier alpha value is -2.03. The zero-order valence-corrected chi connectivity index (χ0v) is 38.9. The molecule has 1 unspecified atom stereocenters. The molecule has 0 aromatic carbocycles. The number of cyclic esters (lactones) is 2. The summed E-state index contributed by atoms with van der Waals surface area (Å²) in [5, 5.41) is 5.22. The average molecular weight is 862 g/mol. The Morgan fingerprint density at radius 1 is 0.571 bits per heavy atom. The Morgan fingerprint density at radius 3 is 1.20 bits per heavy atom. The molecule has 3 amide bonds. The molecule has 1 atom stereocenters. The van der Waals surface area contributed by atoms with Gasteiger partial charge in [0.2, 0.25) is 0 Å². The van der Waals surface area contributed by atoms with Gasteiger partial charge in [-0.2, -0.15) is 0 Å². The second-order valence-corrected chi connectivity index (χ2v) is 19.9. The Morgan fingerprint density at radius 2 is 0.911 bits per heavy atom. The van der Waals surface area contributed by atoms with Gasteiger partial charge in [-0.3, -0.25) is 9.59 Å². The number of ether oxygens (including phenoxy) is 2. The molecule has 0 radical (unpaired) electrons. The normalized spacial score (nSPS) is 14.3. The highest BCUT2D eigenvalue weighted by Gasteiger charge is 2.42. The molecule has 18 nitrogen and oxygen atoms in total. The Bertz CT molecular complexity index is 985. The summed E-state index contributed by atoms with van der Waals surface area (Å²) in [5.41, 5.74) is 4.99. The van der Waals surface area contributed by atoms with Crippen LogP contribution in [-0.2, 0) is 58.9 Å². The number of rotatable bonds is 31. The number of nitrogens with one attached hydrogen (secondary N) is 2. The summed E-state index contributed by atoms with van der Waals surface area (Å²) >= 11 is 0. The largest absolute Gasteiger partial charge is 0.500 e. The minimum absolute atomic E-state index is 0.186. The zero-order chi connectivity index (χ0) is 42.7. The minimum atomic E-state index is -2.64. The summed E-state index contributed by atoms with van der Waals surface area (Å²) in [5.74, 6) is -1.16. The number of carbonyl (C=O) groups excluding carboxylic acids is 4. The third kappa shape index (κ3) is 26.1. The summed E-state index contributed by atoms with van der Waals surface area (Å²) in [6.07, 6.45) is 2.59. The molecule has 1 fully saturated rings. The van der Waals surface area contributed by atoms with Crippen molar-refractivity contribution < 1.29 is 68.5 Å². The number of esters is 2. The van der Waals surface area contributed by atoms with Gasteiger partial charge in [-0.1, -0.05) is 0 Å². The molecule has 4 N–H and O–H groups in total. The van der Waals surface area contributed by atoms with Crippen LogP contribution in [0.1, 0.15) is 101 Å². The van der Waals surface area contributed by atoms with Crippen LogP contribution < -0.4 is 16.4 Å². The number of alkyl carbamates (subject to hydrolysis) is 1. The number of urea groups is 1. The van der Waals surface area contributed by atoms with Crippen LogP contribution in [0.15, 0.2) is 0 Å². The average Bonchev–Trinajstić information content (AvgIpc) is 3.46. The molecule has 0 aromatic heterocycles. The van der Waals surface area contributed by atoms with E-state index in [1.54, 1.807) is 6.92 Å². The number of primary amides is 1. The van der Waals surface area contributed by atoms with E-state index in [1.807, 2.05) is 62.3 Å². The van der Waals surface area contributed by atoms with Gasteiger partial charge in [0.05, 0.1) is 18.9 Å². The van der Waals surface area contributed by atoms with Crippen LogP contribution in [0, 0.1) is 5.92 Å². The SMILES string of the molecule is CCOC(=O)NCCC[Si](OCC)(OCC)OCC.CCO[Si](CCCC1CC(=O)OC1=O)(OCC)OCC.CCO[Si](CCCNC(N)=O)(OCC)OCC. The quantitative estimate of drug-likeness (QED) is 0.0354. The van der Waals surface area contributed by atoms with Gasteiger partial charge < -0.3 is 65.7 Å². The molecule has 56 heavy (non-hydrogen) atoms. The molecule has 1 aliphatic rings. The van der Waals surface area contributed by atoms with Crippen molar-refractivity contribution >= 4 is 50.5 Å². The minimum Gasteiger partial charge on any atom is -0.450 e. The lowest BCUT2D eigenvalue weighted by Crippen LogP contribution is -2.46. The van der Waals surface area contributed by atoms with Crippen LogP contribution in [-0.4, -0.2) is 130 Å². The Labute approximate surface area is 339 Å². The van der Waals surface area contributed by atoms with Gasteiger partial charge in [-0.25, -0.2) is 9.59 Å². The Balaban J connectivity index is 0. The molecule has 0 spiro atoms. The highest BCUT2D eigenvalue weighted by atomic mass is 28.4. The lowest BCUT2D eigenvalue weighted by molar-refractivity contribution is -0.153. The van der Waals surface area contributed by atoms with E-state index < -0.39 is 44.4 Å². The van der Waals surface area contributed by atoms with Crippen molar-refractivity contribution in [1.29, 1.82) is 0 Å². The molecular weight excluding hydrogens is 787 g/mol. The molecular formula is C35H75N3O15Si3. The topological polar surface area (TPSA) is 220 Å². The fourth-order valence-electron chi connectivity index (χ4n) is 5.50. The van der Waals surface area contributed by atoms with Gasteiger partial charge >= 0.3 is 50.5 Å². The maximum absolute atomic E-state index is 11.4. The summed E-state index contributed by atoms with van der Waals surface area (Å²) in [6, 6.07) is 1.51. The highest BCUT2D eigenvalue weighted by molar-refractivity contribution is 6.61. The standard InChI is InChI=1S/C13H24O6Si.C12H27NO5Si.C10H24N2O4Si/c1-4-16-20(17-5-2,18-6-3)9-7-8-11-10-12(14)19-13(11)15;1-5-15-12(14)13-10-9-11-19(16-6-2,17-7-3)18-8-4;1-4-14-17(15-5-2,16-6-3)9-7-8-12-10(11)13/h11H,4-10H2,1-3H3;5-11H2,1-4H3,(H,13,14);4-9H2,1-3H3,(H3,11,12,13). The molecule has 1 rings (SSSR count). The number of carbonyl (C=O) groups is 4. The smallest absolute Gasteiger partial charge is 0.450 e. The van der Waals surface area contributed by atoms with Gasteiger partial charge in [0, 0.05) is 90.7 Å². The van der Waals surface area contributed by atoms with Crippen molar-refractivity contribution in [2.45, 2.75) is 119 Å². The molecule has 0 saturated carbocycles. The van der Waals surface area contributed by atoms with Gasteiger partial charge in [0.15, 0.2) is 0 Å². The fourth-order valence-corrected chi connectivity index (χ4v) is 13.4.